The van der Waals surface area contributed by atoms with Gasteiger partial charge in [-0.05, 0) is 37.6 Å². The Morgan fingerprint density at radius 3 is 2.84 bits per heavy atom. The zero-order chi connectivity index (χ0) is 12.8. The molecule has 0 aromatic heterocycles. The lowest BCUT2D eigenvalue weighted by atomic mass is 9.95. The van der Waals surface area contributed by atoms with E-state index in [1.807, 2.05) is 30.3 Å². The summed E-state index contributed by atoms with van der Waals surface area (Å²) in [4.78, 5) is 13.0. The Hall–Kier alpha value is -0.710. The second-order valence-electron chi connectivity index (χ2n) is 4.75. The van der Waals surface area contributed by atoms with Crippen LogP contribution in [0.4, 0.5) is 0 Å². The molecule has 2 unspecified atom stereocenters. The van der Waals surface area contributed by atoms with Gasteiger partial charge in [-0.3, -0.25) is 4.79 Å². The Morgan fingerprint density at radius 2 is 2.16 bits per heavy atom. The average Bonchev–Trinajstić information content (AvgIpc) is 2.40. The molecule has 1 aliphatic heterocycles. The maximum absolute atomic E-state index is 11.9. The van der Waals surface area contributed by atoms with E-state index in [1.54, 1.807) is 11.8 Å². The number of carbonyl (C=O) groups is 1. The molecule has 2 N–H and O–H groups in total. The average molecular weight is 301 g/mol. The van der Waals surface area contributed by atoms with Crippen LogP contribution in [-0.2, 0) is 4.79 Å². The number of carbonyl (C=O) groups excluding carboxylic acids is 1. The largest absolute Gasteiger partial charge is 0.352 e. The van der Waals surface area contributed by atoms with Crippen molar-refractivity contribution in [2.75, 3.05) is 18.8 Å². The fraction of sp³-hybridized carbons (Fsp3) is 0.500. The van der Waals surface area contributed by atoms with Gasteiger partial charge in [0.1, 0.15) is 0 Å². The van der Waals surface area contributed by atoms with Crippen molar-refractivity contribution >= 4 is 30.1 Å². The number of nitrogens with one attached hydrogen (secondary N) is 2. The molecule has 2 rings (SSSR count). The number of halogens is 1. The molecule has 3 nitrogen and oxygen atoms in total. The fourth-order valence-electron chi connectivity index (χ4n) is 2.14. The standard InChI is InChI=1S/C14H20N2OS.ClH/c1-11-9-15-8-7-13(11)16-14(17)10-18-12-5-3-2-4-6-12;/h2-6,11,13,15H,7-10H2,1H3,(H,16,17);1H. The highest BCUT2D eigenvalue weighted by Crippen LogP contribution is 2.17. The van der Waals surface area contributed by atoms with Gasteiger partial charge in [-0.1, -0.05) is 25.1 Å². The van der Waals surface area contributed by atoms with E-state index in [-0.39, 0.29) is 18.3 Å². The number of hydrogen-bond acceptors (Lipinski definition) is 3. The van der Waals surface area contributed by atoms with Crippen LogP contribution in [0.3, 0.4) is 0 Å². The van der Waals surface area contributed by atoms with Gasteiger partial charge in [-0.2, -0.15) is 0 Å². The minimum atomic E-state index is 0. The molecule has 1 amide bonds. The summed E-state index contributed by atoms with van der Waals surface area (Å²) in [6.45, 7) is 4.18. The Kier molecular flexibility index (Phi) is 7.28. The summed E-state index contributed by atoms with van der Waals surface area (Å²) in [5, 5.41) is 6.48. The predicted molar refractivity (Wildman–Crippen MR) is 83.0 cm³/mol. The van der Waals surface area contributed by atoms with E-state index in [4.69, 9.17) is 0 Å². The van der Waals surface area contributed by atoms with Crippen molar-refractivity contribution in [3.05, 3.63) is 30.3 Å². The molecular formula is C14H21ClN2OS. The van der Waals surface area contributed by atoms with Crippen molar-refractivity contribution in [2.24, 2.45) is 5.92 Å². The number of thioether (sulfide) groups is 1. The molecule has 1 fully saturated rings. The first-order chi connectivity index (χ1) is 8.75. The first kappa shape index (κ1) is 16.3. The Morgan fingerprint density at radius 1 is 1.42 bits per heavy atom. The summed E-state index contributed by atoms with van der Waals surface area (Å²) < 4.78 is 0. The van der Waals surface area contributed by atoms with Crippen LogP contribution in [0.25, 0.3) is 0 Å². The highest BCUT2D eigenvalue weighted by molar-refractivity contribution is 8.00. The summed E-state index contributed by atoms with van der Waals surface area (Å²) >= 11 is 1.59. The van der Waals surface area contributed by atoms with Gasteiger partial charge in [0.05, 0.1) is 5.75 Å². The third-order valence-corrected chi connectivity index (χ3v) is 4.26. The minimum absolute atomic E-state index is 0. The third kappa shape index (κ3) is 5.43. The molecule has 0 aliphatic carbocycles. The van der Waals surface area contributed by atoms with Crippen molar-refractivity contribution in [2.45, 2.75) is 24.3 Å². The molecule has 0 radical (unpaired) electrons. The van der Waals surface area contributed by atoms with E-state index in [1.165, 1.54) is 0 Å². The number of piperidine rings is 1. The molecule has 1 aromatic rings. The highest BCUT2D eigenvalue weighted by Gasteiger charge is 2.22. The van der Waals surface area contributed by atoms with Gasteiger partial charge < -0.3 is 10.6 Å². The number of amides is 1. The number of rotatable bonds is 4. The van der Waals surface area contributed by atoms with E-state index >= 15 is 0 Å². The highest BCUT2D eigenvalue weighted by atomic mass is 35.5. The molecule has 0 spiro atoms. The van der Waals surface area contributed by atoms with Gasteiger partial charge in [0, 0.05) is 10.9 Å². The summed E-state index contributed by atoms with van der Waals surface area (Å²) in [5.41, 5.74) is 0. The molecule has 19 heavy (non-hydrogen) atoms. The number of benzene rings is 1. The fourth-order valence-corrected chi connectivity index (χ4v) is 2.87. The van der Waals surface area contributed by atoms with Gasteiger partial charge in [0.25, 0.3) is 0 Å². The molecule has 1 heterocycles. The molecule has 0 saturated carbocycles. The zero-order valence-electron chi connectivity index (χ0n) is 11.1. The van der Waals surface area contributed by atoms with Crippen molar-refractivity contribution in [1.29, 1.82) is 0 Å². The quantitative estimate of drug-likeness (QED) is 0.839. The van der Waals surface area contributed by atoms with Crippen molar-refractivity contribution in [3.8, 4) is 0 Å². The van der Waals surface area contributed by atoms with E-state index in [0.717, 1.165) is 24.4 Å². The summed E-state index contributed by atoms with van der Waals surface area (Å²) in [7, 11) is 0. The van der Waals surface area contributed by atoms with Gasteiger partial charge in [-0.15, -0.1) is 24.2 Å². The van der Waals surface area contributed by atoms with E-state index in [2.05, 4.69) is 17.6 Å². The van der Waals surface area contributed by atoms with Gasteiger partial charge in [0.15, 0.2) is 0 Å². The van der Waals surface area contributed by atoms with Gasteiger partial charge in [0.2, 0.25) is 5.91 Å². The minimum Gasteiger partial charge on any atom is -0.352 e. The van der Waals surface area contributed by atoms with Crippen molar-refractivity contribution < 1.29 is 4.79 Å². The van der Waals surface area contributed by atoms with E-state index in [9.17, 15) is 4.79 Å². The molecular weight excluding hydrogens is 280 g/mol. The Labute approximate surface area is 125 Å². The maximum atomic E-state index is 11.9. The molecule has 1 aliphatic rings. The molecule has 5 heteroatoms. The van der Waals surface area contributed by atoms with E-state index in [0.29, 0.717) is 17.7 Å². The maximum Gasteiger partial charge on any atom is 0.230 e. The second-order valence-corrected chi connectivity index (χ2v) is 5.79. The molecule has 106 valence electrons. The van der Waals surface area contributed by atoms with Crippen LogP contribution >= 0.6 is 24.2 Å². The SMILES string of the molecule is CC1CNCCC1NC(=O)CSc1ccccc1.Cl. The predicted octanol–water partition coefficient (Wildman–Crippen LogP) is 2.31. The first-order valence-corrected chi connectivity index (χ1v) is 7.42. The molecule has 1 saturated heterocycles. The van der Waals surface area contributed by atoms with Crippen molar-refractivity contribution in [1.82, 2.24) is 10.6 Å². The molecule has 1 aromatic carbocycles. The molecule has 2 atom stereocenters. The van der Waals surface area contributed by atoms with Crippen LogP contribution in [0.2, 0.25) is 0 Å². The normalized spacial score (nSPS) is 22.4. The molecule has 0 bridgehead atoms. The van der Waals surface area contributed by atoms with Crippen LogP contribution in [0.15, 0.2) is 35.2 Å². The van der Waals surface area contributed by atoms with Crippen LogP contribution in [0, 0.1) is 5.92 Å². The smallest absolute Gasteiger partial charge is 0.230 e. The van der Waals surface area contributed by atoms with Gasteiger partial charge >= 0.3 is 0 Å². The van der Waals surface area contributed by atoms with Crippen molar-refractivity contribution in [3.63, 3.8) is 0 Å². The lowest BCUT2D eigenvalue weighted by Crippen LogP contribution is -2.48. The van der Waals surface area contributed by atoms with Gasteiger partial charge in [-0.25, -0.2) is 0 Å². The van der Waals surface area contributed by atoms with E-state index < -0.39 is 0 Å². The lowest BCUT2D eigenvalue weighted by Gasteiger charge is -2.30. The Balaban J connectivity index is 0.00000180. The second kappa shape index (κ2) is 8.46. The monoisotopic (exact) mass is 300 g/mol. The summed E-state index contributed by atoms with van der Waals surface area (Å²) in [5.74, 6) is 1.16. The topological polar surface area (TPSA) is 41.1 Å². The third-order valence-electron chi connectivity index (χ3n) is 3.24. The van der Waals surface area contributed by atoms with Crippen LogP contribution < -0.4 is 10.6 Å². The zero-order valence-corrected chi connectivity index (χ0v) is 12.7. The Bertz CT molecular complexity index is 388. The van der Waals surface area contributed by atoms with Crippen LogP contribution in [0.1, 0.15) is 13.3 Å². The first-order valence-electron chi connectivity index (χ1n) is 6.43. The summed E-state index contributed by atoms with van der Waals surface area (Å²) in [6.07, 6.45) is 1.03. The number of hydrogen-bond donors (Lipinski definition) is 2. The summed E-state index contributed by atoms with van der Waals surface area (Å²) in [6, 6.07) is 10.4. The van der Waals surface area contributed by atoms with Crippen LogP contribution in [0.5, 0.6) is 0 Å². The van der Waals surface area contributed by atoms with Crippen LogP contribution in [-0.4, -0.2) is 30.8 Å². The lowest BCUT2D eigenvalue weighted by molar-refractivity contribution is -0.119.